The first-order valence-electron chi connectivity index (χ1n) is 7.15. The van der Waals surface area contributed by atoms with Crippen LogP contribution in [0.4, 0.5) is 0 Å². The lowest BCUT2D eigenvalue weighted by Crippen LogP contribution is -2.41. The Balaban J connectivity index is 2.06. The smallest absolute Gasteiger partial charge is 0.399 e. The summed E-state index contributed by atoms with van der Waals surface area (Å²) >= 11 is 0. The number of carbonyl (C=O) groups excluding carboxylic acids is 1. The first-order chi connectivity index (χ1) is 9.21. The van der Waals surface area contributed by atoms with Gasteiger partial charge in [-0.05, 0) is 52.1 Å². The highest BCUT2D eigenvalue weighted by atomic mass is 16.7. The Kier molecular flexibility index (Phi) is 4.08. The summed E-state index contributed by atoms with van der Waals surface area (Å²) in [5.74, 6) is 0.222. The van der Waals surface area contributed by atoms with Crippen molar-refractivity contribution in [1.82, 2.24) is 0 Å². The van der Waals surface area contributed by atoms with Crippen molar-refractivity contribution in [2.24, 2.45) is 0 Å². The Hall–Kier alpha value is -1.13. The molecule has 0 saturated carbocycles. The van der Waals surface area contributed by atoms with E-state index in [4.69, 9.17) is 9.31 Å². The number of hydrogen-bond donors (Lipinski definition) is 0. The second kappa shape index (κ2) is 5.34. The number of rotatable bonds is 4. The van der Waals surface area contributed by atoms with Crippen LogP contribution in [0.5, 0.6) is 0 Å². The van der Waals surface area contributed by atoms with E-state index in [1.807, 2.05) is 52.0 Å². The maximum Gasteiger partial charge on any atom is 0.494 e. The van der Waals surface area contributed by atoms with Gasteiger partial charge in [-0.3, -0.25) is 0 Å². The summed E-state index contributed by atoms with van der Waals surface area (Å²) in [6.07, 6.45) is 1.38. The van der Waals surface area contributed by atoms with E-state index in [0.29, 0.717) is 6.42 Å². The van der Waals surface area contributed by atoms with Crippen molar-refractivity contribution in [1.29, 1.82) is 0 Å². The molecule has 0 radical (unpaired) electrons. The molecule has 2 rings (SSSR count). The molecule has 108 valence electrons. The quantitative estimate of drug-likeness (QED) is 0.791. The summed E-state index contributed by atoms with van der Waals surface area (Å²) in [6.45, 7) is 9.82. The minimum atomic E-state index is -0.318. The third kappa shape index (κ3) is 3.13. The fraction of sp³-hybridized carbons (Fsp3) is 0.562. The summed E-state index contributed by atoms with van der Waals surface area (Å²) in [5.41, 5.74) is 1.56. The van der Waals surface area contributed by atoms with Crippen molar-refractivity contribution in [3.63, 3.8) is 0 Å². The highest BCUT2D eigenvalue weighted by molar-refractivity contribution is 6.62. The van der Waals surface area contributed by atoms with Crippen molar-refractivity contribution in [2.45, 2.75) is 58.7 Å². The molecule has 20 heavy (non-hydrogen) atoms. The maximum atomic E-state index is 11.0. The minimum Gasteiger partial charge on any atom is -0.399 e. The van der Waals surface area contributed by atoms with Gasteiger partial charge in [0.15, 0.2) is 0 Å². The number of benzene rings is 1. The molecular formula is C16H23BO3. The third-order valence-electron chi connectivity index (χ3n) is 4.27. The SMILES string of the molecule is CC(=O)CCc1ccc(B2OC(C)(C)C(C)(C)O2)cc1. The molecule has 0 spiro atoms. The summed E-state index contributed by atoms with van der Waals surface area (Å²) in [7, 11) is -0.318. The zero-order chi connectivity index (χ0) is 15.0. The number of carbonyl (C=O) groups is 1. The molecule has 0 bridgehead atoms. The zero-order valence-electron chi connectivity index (χ0n) is 13.0. The van der Waals surface area contributed by atoms with Crippen LogP contribution in [0.1, 0.15) is 46.6 Å². The van der Waals surface area contributed by atoms with Crippen LogP contribution >= 0.6 is 0 Å². The van der Waals surface area contributed by atoms with Crippen molar-refractivity contribution in [3.8, 4) is 0 Å². The van der Waals surface area contributed by atoms with Crippen LogP contribution in [-0.4, -0.2) is 24.1 Å². The zero-order valence-corrected chi connectivity index (χ0v) is 13.0. The summed E-state index contributed by atoms with van der Waals surface area (Å²) in [6, 6.07) is 8.14. The molecule has 3 nitrogen and oxygen atoms in total. The molecule has 0 aromatic heterocycles. The van der Waals surface area contributed by atoms with Crippen LogP contribution in [0.25, 0.3) is 0 Å². The number of Topliss-reactive ketones (excluding diaryl/α,β-unsaturated/α-hetero) is 1. The molecule has 1 aliphatic heterocycles. The summed E-state index contributed by atoms with van der Waals surface area (Å²) in [4.78, 5) is 11.0. The molecule has 0 N–H and O–H groups in total. The Labute approximate surface area is 121 Å². The van der Waals surface area contributed by atoms with Gasteiger partial charge in [0.2, 0.25) is 0 Å². The van der Waals surface area contributed by atoms with Gasteiger partial charge >= 0.3 is 7.12 Å². The molecule has 1 heterocycles. The second-order valence-electron chi connectivity index (χ2n) is 6.53. The first-order valence-corrected chi connectivity index (χ1v) is 7.15. The summed E-state index contributed by atoms with van der Waals surface area (Å²) < 4.78 is 12.0. The highest BCUT2D eigenvalue weighted by Gasteiger charge is 2.51. The molecule has 1 aromatic rings. The highest BCUT2D eigenvalue weighted by Crippen LogP contribution is 2.36. The molecule has 1 aromatic carbocycles. The van der Waals surface area contributed by atoms with Gasteiger partial charge in [-0.1, -0.05) is 24.3 Å². The minimum absolute atomic E-state index is 0.222. The lowest BCUT2D eigenvalue weighted by atomic mass is 9.78. The normalized spacial score (nSPS) is 20.1. The van der Waals surface area contributed by atoms with Gasteiger partial charge in [0.25, 0.3) is 0 Å². The molecule has 0 aliphatic carbocycles. The van der Waals surface area contributed by atoms with Crippen molar-refractivity contribution in [2.75, 3.05) is 0 Å². The Bertz CT molecular complexity index is 475. The van der Waals surface area contributed by atoms with Crippen LogP contribution in [0, 0.1) is 0 Å². The Morgan fingerprint density at radius 2 is 1.55 bits per heavy atom. The van der Waals surface area contributed by atoms with Crippen LogP contribution in [0.3, 0.4) is 0 Å². The van der Waals surface area contributed by atoms with Gasteiger partial charge < -0.3 is 14.1 Å². The fourth-order valence-electron chi connectivity index (χ4n) is 2.14. The van der Waals surface area contributed by atoms with Crippen molar-refractivity contribution < 1.29 is 14.1 Å². The van der Waals surface area contributed by atoms with Gasteiger partial charge in [-0.25, -0.2) is 0 Å². The molecule has 1 aliphatic rings. The number of aryl methyl sites for hydroxylation is 1. The average molecular weight is 274 g/mol. The largest absolute Gasteiger partial charge is 0.494 e. The Morgan fingerprint density at radius 3 is 2.00 bits per heavy atom. The predicted octanol–water partition coefficient (Wildman–Crippen LogP) is 2.51. The number of ketones is 1. The molecule has 0 amide bonds. The van der Waals surface area contributed by atoms with Gasteiger partial charge in [0.05, 0.1) is 11.2 Å². The summed E-state index contributed by atoms with van der Waals surface area (Å²) in [5, 5.41) is 0. The number of hydrogen-bond acceptors (Lipinski definition) is 3. The van der Waals surface area contributed by atoms with E-state index in [0.717, 1.165) is 11.9 Å². The predicted molar refractivity (Wildman–Crippen MR) is 81.2 cm³/mol. The van der Waals surface area contributed by atoms with E-state index in [1.165, 1.54) is 5.56 Å². The van der Waals surface area contributed by atoms with Gasteiger partial charge in [-0.15, -0.1) is 0 Å². The molecule has 1 saturated heterocycles. The second-order valence-corrected chi connectivity index (χ2v) is 6.53. The van der Waals surface area contributed by atoms with E-state index in [2.05, 4.69) is 0 Å². The van der Waals surface area contributed by atoms with E-state index in [9.17, 15) is 4.79 Å². The monoisotopic (exact) mass is 274 g/mol. The van der Waals surface area contributed by atoms with E-state index in [1.54, 1.807) is 6.92 Å². The first kappa shape index (κ1) is 15.3. The molecule has 0 unspecified atom stereocenters. The lowest BCUT2D eigenvalue weighted by Gasteiger charge is -2.32. The van der Waals surface area contributed by atoms with Crippen molar-refractivity contribution >= 4 is 18.4 Å². The standard InChI is InChI=1S/C16H23BO3/c1-12(18)6-7-13-8-10-14(11-9-13)17-19-15(2,3)16(4,5)20-17/h8-11H,6-7H2,1-5H3. The Morgan fingerprint density at radius 1 is 1.05 bits per heavy atom. The van der Waals surface area contributed by atoms with Gasteiger partial charge in [0, 0.05) is 6.42 Å². The van der Waals surface area contributed by atoms with Crippen LogP contribution < -0.4 is 5.46 Å². The van der Waals surface area contributed by atoms with Gasteiger partial charge in [0.1, 0.15) is 5.78 Å². The molecule has 1 fully saturated rings. The van der Waals surface area contributed by atoms with Crippen molar-refractivity contribution in [3.05, 3.63) is 29.8 Å². The van der Waals surface area contributed by atoms with Crippen LogP contribution in [0.15, 0.2) is 24.3 Å². The van der Waals surface area contributed by atoms with Crippen LogP contribution in [0.2, 0.25) is 0 Å². The fourth-order valence-corrected chi connectivity index (χ4v) is 2.14. The van der Waals surface area contributed by atoms with Crippen LogP contribution in [-0.2, 0) is 20.5 Å². The maximum absolute atomic E-state index is 11.0. The lowest BCUT2D eigenvalue weighted by molar-refractivity contribution is -0.116. The van der Waals surface area contributed by atoms with E-state index < -0.39 is 0 Å². The molecule has 4 heteroatoms. The average Bonchev–Trinajstić information content (AvgIpc) is 2.56. The third-order valence-corrected chi connectivity index (χ3v) is 4.27. The topological polar surface area (TPSA) is 35.5 Å². The van der Waals surface area contributed by atoms with E-state index in [-0.39, 0.29) is 24.1 Å². The molecular weight excluding hydrogens is 251 g/mol. The molecule has 0 atom stereocenters. The van der Waals surface area contributed by atoms with Gasteiger partial charge in [-0.2, -0.15) is 0 Å². The van der Waals surface area contributed by atoms with E-state index >= 15 is 0 Å².